The molecule has 1 fully saturated rings. The maximum atomic E-state index is 11.5. The fraction of sp³-hybridized carbons (Fsp3) is 0.800. The van der Waals surface area contributed by atoms with Crippen LogP contribution >= 0.6 is 0 Å². The van der Waals surface area contributed by atoms with Crippen LogP contribution in [0.3, 0.4) is 0 Å². The van der Waals surface area contributed by atoms with Crippen molar-refractivity contribution in [2.24, 2.45) is 10.7 Å². The molecule has 2 rings (SSSR count). The van der Waals surface area contributed by atoms with Gasteiger partial charge >= 0.3 is 0 Å². The Morgan fingerprint density at radius 1 is 1.47 bits per heavy atom. The molecule has 5 heteroatoms. The van der Waals surface area contributed by atoms with Gasteiger partial charge < -0.3 is 10.6 Å². The Labute approximate surface area is 89.9 Å². The number of amides is 1. The van der Waals surface area contributed by atoms with Crippen molar-refractivity contribution in [2.45, 2.75) is 25.8 Å². The standard InChI is InChI=1S/C10H18N4O/c1-2-14-9(15)7-12-10(14)13-5-3-8(11)4-6-13/h8H,2-7,11H2,1H3. The van der Waals surface area contributed by atoms with E-state index in [1.165, 1.54) is 0 Å². The van der Waals surface area contributed by atoms with E-state index >= 15 is 0 Å². The Morgan fingerprint density at radius 2 is 2.13 bits per heavy atom. The largest absolute Gasteiger partial charge is 0.342 e. The zero-order valence-electron chi connectivity index (χ0n) is 9.15. The van der Waals surface area contributed by atoms with Crippen LogP contribution in [0.15, 0.2) is 4.99 Å². The summed E-state index contributed by atoms with van der Waals surface area (Å²) in [5.41, 5.74) is 5.84. The Balaban J connectivity index is 2.01. The molecular weight excluding hydrogens is 192 g/mol. The fourth-order valence-electron chi connectivity index (χ4n) is 2.11. The van der Waals surface area contributed by atoms with E-state index in [-0.39, 0.29) is 5.91 Å². The maximum Gasteiger partial charge on any atom is 0.251 e. The number of likely N-dealkylation sites (N-methyl/N-ethyl adjacent to an activating group) is 1. The molecule has 1 amide bonds. The number of nitrogens with two attached hydrogens (primary N) is 1. The highest BCUT2D eigenvalue weighted by Gasteiger charge is 2.29. The molecule has 2 N–H and O–H groups in total. The lowest BCUT2D eigenvalue weighted by Gasteiger charge is -2.34. The summed E-state index contributed by atoms with van der Waals surface area (Å²) in [5.74, 6) is 0.969. The van der Waals surface area contributed by atoms with E-state index < -0.39 is 0 Å². The number of carbonyl (C=O) groups is 1. The highest BCUT2D eigenvalue weighted by atomic mass is 16.2. The van der Waals surface area contributed by atoms with Crippen LogP contribution in [-0.4, -0.2) is 53.9 Å². The number of hydrogen-bond acceptors (Lipinski definition) is 4. The SMILES string of the molecule is CCN1C(=O)CN=C1N1CCC(N)CC1. The average molecular weight is 210 g/mol. The molecule has 1 saturated heterocycles. The number of hydrogen-bond donors (Lipinski definition) is 1. The van der Waals surface area contributed by atoms with Crippen molar-refractivity contribution >= 4 is 11.9 Å². The summed E-state index contributed by atoms with van der Waals surface area (Å²) in [4.78, 5) is 19.7. The summed E-state index contributed by atoms with van der Waals surface area (Å²) in [6, 6.07) is 0.314. The molecule has 15 heavy (non-hydrogen) atoms. The van der Waals surface area contributed by atoms with Crippen molar-refractivity contribution < 1.29 is 4.79 Å². The van der Waals surface area contributed by atoms with Crippen LogP contribution in [0.2, 0.25) is 0 Å². The predicted octanol–water partition coefficient (Wildman–Crippen LogP) is -0.372. The summed E-state index contributed by atoms with van der Waals surface area (Å²) in [6.45, 7) is 4.84. The van der Waals surface area contributed by atoms with Gasteiger partial charge in [-0.15, -0.1) is 0 Å². The molecule has 84 valence electrons. The molecule has 0 unspecified atom stereocenters. The Kier molecular flexibility index (Phi) is 2.90. The third kappa shape index (κ3) is 1.97. The Hall–Kier alpha value is -1.10. The van der Waals surface area contributed by atoms with E-state index in [4.69, 9.17) is 5.73 Å². The third-order valence-corrected chi connectivity index (χ3v) is 3.04. The van der Waals surface area contributed by atoms with Gasteiger partial charge in [0.25, 0.3) is 5.91 Å². The number of likely N-dealkylation sites (tertiary alicyclic amines) is 1. The zero-order chi connectivity index (χ0) is 10.8. The van der Waals surface area contributed by atoms with E-state index in [0.29, 0.717) is 19.1 Å². The highest BCUT2D eigenvalue weighted by molar-refractivity contribution is 6.02. The van der Waals surface area contributed by atoms with Crippen molar-refractivity contribution in [3.63, 3.8) is 0 Å². The molecule has 0 aliphatic carbocycles. The third-order valence-electron chi connectivity index (χ3n) is 3.04. The number of nitrogens with zero attached hydrogens (tertiary/aromatic N) is 3. The quantitative estimate of drug-likeness (QED) is 0.642. The van der Waals surface area contributed by atoms with Crippen molar-refractivity contribution in [3.8, 4) is 0 Å². The van der Waals surface area contributed by atoms with Gasteiger partial charge in [-0.2, -0.15) is 0 Å². The van der Waals surface area contributed by atoms with E-state index in [9.17, 15) is 4.79 Å². The Bertz CT molecular complexity index is 281. The lowest BCUT2D eigenvalue weighted by molar-refractivity contribution is -0.125. The van der Waals surface area contributed by atoms with E-state index in [1.807, 2.05) is 6.92 Å². The molecule has 0 saturated carbocycles. The van der Waals surface area contributed by atoms with Crippen molar-refractivity contribution in [3.05, 3.63) is 0 Å². The number of rotatable bonds is 1. The van der Waals surface area contributed by atoms with Crippen molar-refractivity contribution in [2.75, 3.05) is 26.2 Å². The monoisotopic (exact) mass is 210 g/mol. The topological polar surface area (TPSA) is 61.9 Å². The fourth-order valence-corrected chi connectivity index (χ4v) is 2.11. The number of piperidine rings is 1. The van der Waals surface area contributed by atoms with Gasteiger partial charge in [0.2, 0.25) is 5.96 Å². The zero-order valence-corrected chi connectivity index (χ0v) is 9.15. The summed E-state index contributed by atoms with van der Waals surface area (Å²) in [7, 11) is 0. The summed E-state index contributed by atoms with van der Waals surface area (Å²) in [5, 5.41) is 0. The molecule has 2 heterocycles. The number of carbonyl (C=O) groups excluding carboxylic acids is 1. The molecular formula is C10H18N4O. The molecule has 0 radical (unpaired) electrons. The smallest absolute Gasteiger partial charge is 0.251 e. The second kappa shape index (κ2) is 4.18. The van der Waals surface area contributed by atoms with Gasteiger partial charge in [0.05, 0.1) is 0 Å². The van der Waals surface area contributed by atoms with Crippen LogP contribution in [0.4, 0.5) is 0 Å². The molecule has 0 aromatic rings. The first kappa shape index (κ1) is 10.4. The van der Waals surface area contributed by atoms with Crippen LogP contribution < -0.4 is 5.73 Å². The number of aliphatic imine (C=N–C) groups is 1. The predicted molar refractivity (Wildman–Crippen MR) is 58.5 cm³/mol. The minimum absolute atomic E-state index is 0.113. The summed E-state index contributed by atoms with van der Waals surface area (Å²) < 4.78 is 0. The van der Waals surface area contributed by atoms with Gasteiger partial charge in [0, 0.05) is 25.7 Å². The maximum absolute atomic E-state index is 11.5. The molecule has 0 aromatic heterocycles. The van der Waals surface area contributed by atoms with Crippen LogP contribution in [0.1, 0.15) is 19.8 Å². The molecule has 0 spiro atoms. The average Bonchev–Trinajstić information content (AvgIpc) is 2.61. The number of guanidine groups is 1. The van der Waals surface area contributed by atoms with E-state index in [2.05, 4.69) is 9.89 Å². The van der Waals surface area contributed by atoms with Crippen LogP contribution in [0.25, 0.3) is 0 Å². The highest BCUT2D eigenvalue weighted by Crippen LogP contribution is 2.14. The molecule has 2 aliphatic heterocycles. The van der Waals surface area contributed by atoms with Gasteiger partial charge in [-0.1, -0.05) is 0 Å². The second-order valence-corrected chi connectivity index (χ2v) is 4.08. The van der Waals surface area contributed by atoms with Crippen LogP contribution in [0, 0.1) is 0 Å². The molecule has 5 nitrogen and oxygen atoms in total. The minimum Gasteiger partial charge on any atom is -0.342 e. The molecule has 0 atom stereocenters. The van der Waals surface area contributed by atoms with Gasteiger partial charge in [0.1, 0.15) is 6.54 Å². The van der Waals surface area contributed by atoms with Gasteiger partial charge in [0.15, 0.2) is 0 Å². The summed E-state index contributed by atoms with van der Waals surface area (Å²) in [6.07, 6.45) is 1.98. The first-order valence-corrected chi connectivity index (χ1v) is 5.57. The molecule has 0 bridgehead atoms. The van der Waals surface area contributed by atoms with E-state index in [1.54, 1.807) is 4.90 Å². The molecule has 2 aliphatic rings. The first-order valence-electron chi connectivity index (χ1n) is 5.57. The molecule has 0 aromatic carbocycles. The first-order chi connectivity index (χ1) is 7.22. The lowest BCUT2D eigenvalue weighted by atomic mass is 10.1. The Morgan fingerprint density at radius 3 is 2.73 bits per heavy atom. The minimum atomic E-state index is 0.113. The van der Waals surface area contributed by atoms with Gasteiger partial charge in [-0.25, -0.2) is 4.99 Å². The van der Waals surface area contributed by atoms with Crippen molar-refractivity contribution in [1.29, 1.82) is 0 Å². The second-order valence-electron chi connectivity index (χ2n) is 4.08. The normalized spacial score (nSPS) is 23.6. The van der Waals surface area contributed by atoms with Crippen molar-refractivity contribution in [1.82, 2.24) is 9.80 Å². The van der Waals surface area contributed by atoms with Gasteiger partial charge in [-0.3, -0.25) is 9.69 Å². The summed E-state index contributed by atoms with van der Waals surface area (Å²) >= 11 is 0. The lowest BCUT2D eigenvalue weighted by Crippen LogP contribution is -2.49. The van der Waals surface area contributed by atoms with Gasteiger partial charge in [-0.05, 0) is 19.8 Å². The van der Waals surface area contributed by atoms with Crippen LogP contribution in [-0.2, 0) is 4.79 Å². The van der Waals surface area contributed by atoms with E-state index in [0.717, 1.165) is 31.9 Å². The van der Waals surface area contributed by atoms with Crippen LogP contribution in [0.5, 0.6) is 0 Å².